The quantitative estimate of drug-likeness (QED) is 0.933. The summed E-state index contributed by atoms with van der Waals surface area (Å²) in [5.41, 5.74) is 0. The molecule has 1 saturated carbocycles. The molecule has 0 aromatic carbocycles. The molecule has 1 N–H and O–H groups in total. The van der Waals surface area contributed by atoms with Gasteiger partial charge in [-0.1, -0.05) is 19.3 Å². The minimum atomic E-state index is -4.22. The topological polar surface area (TPSA) is 42.7 Å². The van der Waals surface area contributed by atoms with Crippen molar-refractivity contribution in [3.05, 3.63) is 11.6 Å². The van der Waals surface area contributed by atoms with Crippen LogP contribution in [0.3, 0.4) is 0 Å². The Kier molecular flexibility index (Phi) is 4.19. The van der Waals surface area contributed by atoms with E-state index in [0.29, 0.717) is 31.4 Å². The average molecular weight is 302 g/mol. The fourth-order valence-corrected chi connectivity index (χ4v) is 3.42. The number of halogens is 3. The molecule has 0 amide bonds. The molecule has 1 aliphatic heterocycles. The molecule has 3 rings (SSSR count). The highest BCUT2D eigenvalue weighted by molar-refractivity contribution is 5.07. The van der Waals surface area contributed by atoms with E-state index < -0.39 is 12.1 Å². The fourth-order valence-electron chi connectivity index (χ4n) is 3.42. The molecule has 1 aliphatic carbocycles. The van der Waals surface area contributed by atoms with E-state index >= 15 is 0 Å². The van der Waals surface area contributed by atoms with Crippen molar-refractivity contribution in [1.82, 2.24) is 20.1 Å². The summed E-state index contributed by atoms with van der Waals surface area (Å²) >= 11 is 0. The molecule has 7 heteroatoms. The lowest BCUT2D eigenvalue weighted by Gasteiger charge is -2.26. The van der Waals surface area contributed by atoms with E-state index in [2.05, 4.69) is 15.5 Å². The number of hydrogen-bond donors (Lipinski definition) is 1. The van der Waals surface area contributed by atoms with Gasteiger partial charge in [-0.2, -0.15) is 13.2 Å². The van der Waals surface area contributed by atoms with E-state index in [0.717, 1.165) is 12.8 Å². The molecule has 1 atom stereocenters. The number of nitrogens with one attached hydrogen (secondary N) is 1. The van der Waals surface area contributed by atoms with E-state index in [9.17, 15) is 13.2 Å². The van der Waals surface area contributed by atoms with Gasteiger partial charge in [-0.15, -0.1) is 10.2 Å². The Bertz CT molecular complexity index is 477. The van der Waals surface area contributed by atoms with Gasteiger partial charge in [0.25, 0.3) is 0 Å². The molecule has 1 aromatic rings. The molecular weight excluding hydrogens is 281 g/mol. The molecular formula is C14H21F3N4. The van der Waals surface area contributed by atoms with E-state index in [1.54, 1.807) is 4.57 Å². The molecule has 118 valence electrons. The number of hydrogen-bond acceptors (Lipinski definition) is 3. The van der Waals surface area contributed by atoms with Gasteiger partial charge in [0, 0.05) is 12.6 Å². The smallest absolute Gasteiger partial charge is 0.313 e. The predicted octanol–water partition coefficient (Wildman–Crippen LogP) is 3.14. The molecule has 0 bridgehead atoms. The Morgan fingerprint density at radius 3 is 2.52 bits per heavy atom. The van der Waals surface area contributed by atoms with Gasteiger partial charge in [-0.05, 0) is 25.7 Å². The van der Waals surface area contributed by atoms with Crippen LogP contribution in [0.5, 0.6) is 0 Å². The molecule has 0 saturated heterocycles. The first-order valence-corrected chi connectivity index (χ1v) is 7.78. The third-order valence-corrected chi connectivity index (χ3v) is 4.59. The summed E-state index contributed by atoms with van der Waals surface area (Å²) in [6.07, 6.45) is 2.46. The van der Waals surface area contributed by atoms with E-state index in [-0.39, 0.29) is 12.2 Å². The van der Waals surface area contributed by atoms with Crippen molar-refractivity contribution in [2.75, 3.05) is 0 Å². The number of alkyl halides is 3. The van der Waals surface area contributed by atoms with Gasteiger partial charge in [0.1, 0.15) is 17.6 Å². The summed E-state index contributed by atoms with van der Waals surface area (Å²) < 4.78 is 40.7. The van der Waals surface area contributed by atoms with Gasteiger partial charge < -0.3 is 9.88 Å². The van der Waals surface area contributed by atoms with Gasteiger partial charge in [0.05, 0.1) is 6.54 Å². The highest BCUT2D eigenvalue weighted by Crippen LogP contribution is 2.40. The van der Waals surface area contributed by atoms with Crippen LogP contribution in [-0.2, 0) is 13.1 Å². The second-order valence-electron chi connectivity index (χ2n) is 6.08. The third kappa shape index (κ3) is 3.22. The normalized spacial score (nSPS) is 24.0. The minimum Gasteiger partial charge on any atom is -0.313 e. The SMILES string of the molecule is FC(F)(F)[C@@H]1CCCn2c(CNC3CCCCC3)nnc21. The highest BCUT2D eigenvalue weighted by atomic mass is 19.4. The Morgan fingerprint density at radius 2 is 1.81 bits per heavy atom. The zero-order chi connectivity index (χ0) is 14.9. The maximum atomic E-state index is 13.0. The maximum absolute atomic E-state index is 13.0. The summed E-state index contributed by atoms with van der Waals surface area (Å²) in [4.78, 5) is 0. The summed E-state index contributed by atoms with van der Waals surface area (Å²) in [5, 5.41) is 11.2. The molecule has 0 radical (unpaired) electrons. The molecule has 1 aromatic heterocycles. The summed E-state index contributed by atoms with van der Waals surface area (Å²) in [6, 6.07) is 0.466. The van der Waals surface area contributed by atoms with Gasteiger partial charge in [0.15, 0.2) is 0 Å². The second-order valence-corrected chi connectivity index (χ2v) is 6.08. The van der Waals surface area contributed by atoms with Crippen molar-refractivity contribution in [3.8, 4) is 0 Å². The molecule has 0 unspecified atom stereocenters. The zero-order valence-corrected chi connectivity index (χ0v) is 12.0. The molecule has 4 nitrogen and oxygen atoms in total. The maximum Gasteiger partial charge on any atom is 0.398 e. The number of aromatic nitrogens is 3. The van der Waals surface area contributed by atoms with Crippen molar-refractivity contribution in [3.63, 3.8) is 0 Å². The Balaban J connectivity index is 1.69. The minimum absolute atomic E-state index is 0.0918. The lowest BCUT2D eigenvalue weighted by molar-refractivity contribution is -0.156. The Morgan fingerprint density at radius 1 is 1.05 bits per heavy atom. The van der Waals surface area contributed by atoms with Gasteiger partial charge in [0.2, 0.25) is 0 Å². The predicted molar refractivity (Wildman–Crippen MR) is 71.8 cm³/mol. The largest absolute Gasteiger partial charge is 0.398 e. The van der Waals surface area contributed by atoms with Crippen LogP contribution in [0.15, 0.2) is 0 Å². The summed E-state index contributed by atoms with van der Waals surface area (Å²) in [5.74, 6) is -0.721. The Hall–Kier alpha value is -1.11. The van der Waals surface area contributed by atoms with Crippen molar-refractivity contribution in [1.29, 1.82) is 0 Å². The number of rotatable bonds is 3. The van der Waals surface area contributed by atoms with Crippen LogP contribution in [-0.4, -0.2) is 27.0 Å². The summed E-state index contributed by atoms with van der Waals surface area (Å²) in [7, 11) is 0. The molecule has 0 spiro atoms. The molecule has 1 fully saturated rings. The van der Waals surface area contributed by atoms with Crippen molar-refractivity contribution < 1.29 is 13.2 Å². The van der Waals surface area contributed by atoms with E-state index in [1.807, 2.05) is 0 Å². The van der Waals surface area contributed by atoms with Crippen molar-refractivity contribution >= 4 is 0 Å². The average Bonchev–Trinajstić information content (AvgIpc) is 2.88. The van der Waals surface area contributed by atoms with Crippen LogP contribution in [0.25, 0.3) is 0 Å². The lowest BCUT2D eigenvalue weighted by Crippen LogP contribution is -2.33. The summed E-state index contributed by atoms with van der Waals surface area (Å²) in [6.45, 7) is 1.11. The lowest BCUT2D eigenvalue weighted by atomic mass is 9.95. The van der Waals surface area contributed by atoms with Gasteiger partial charge in [-0.25, -0.2) is 0 Å². The van der Waals surface area contributed by atoms with Crippen LogP contribution in [0.1, 0.15) is 62.5 Å². The zero-order valence-electron chi connectivity index (χ0n) is 12.0. The van der Waals surface area contributed by atoms with Crippen LogP contribution in [0.2, 0.25) is 0 Å². The monoisotopic (exact) mass is 302 g/mol. The van der Waals surface area contributed by atoms with Crippen LogP contribution in [0.4, 0.5) is 13.2 Å². The van der Waals surface area contributed by atoms with Crippen LogP contribution >= 0.6 is 0 Å². The number of nitrogens with zero attached hydrogens (tertiary/aromatic N) is 3. The van der Waals surface area contributed by atoms with Crippen LogP contribution in [0, 0.1) is 0 Å². The molecule has 2 aliphatic rings. The molecule has 21 heavy (non-hydrogen) atoms. The standard InChI is InChI=1S/C14H21F3N4/c15-14(16,17)11-7-4-8-21-12(19-20-13(11)21)9-18-10-5-2-1-3-6-10/h10-11,18H,1-9H2/t11-/m1/s1. The van der Waals surface area contributed by atoms with Gasteiger partial charge in [-0.3, -0.25) is 0 Å². The van der Waals surface area contributed by atoms with Gasteiger partial charge >= 0.3 is 6.18 Å². The third-order valence-electron chi connectivity index (χ3n) is 4.59. The molecule has 2 heterocycles. The first-order valence-electron chi connectivity index (χ1n) is 7.78. The first kappa shape index (κ1) is 14.8. The Labute approximate surface area is 122 Å². The highest BCUT2D eigenvalue weighted by Gasteiger charge is 2.45. The van der Waals surface area contributed by atoms with Crippen molar-refractivity contribution in [2.24, 2.45) is 0 Å². The first-order chi connectivity index (χ1) is 10.1. The van der Waals surface area contributed by atoms with E-state index in [4.69, 9.17) is 0 Å². The van der Waals surface area contributed by atoms with Crippen LogP contribution < -0.4 is 5.32 Å². The second kappa shape index (κ2) is 5.94. The van der Waals surface area contributed by atoms with Crippen molar-refractivity contribution in [2.45, 2.75) is 76.2 Å². The fraction of sp³-hybridized carbons (Fsp3) is 0.857. The van der Waals surface area contributed by atoms with E-state index in [1.165, 1.54) is 19.3 Å². The number of fused-ring (bicyclic) bond motifs is 1.